The third-order valence-electron chi connectivity index (χ3n) is 3.97. The summed E-state index contributed by atoms with van der Waals surface area (Å²) in [4.78, 5) is 12.3. The summed E-state index contributed by atoms with van der Waals surface area (Å²) in [5.74, 6) is 0.733. The van der Waals surface area contributed by atoms with Crippen LogP contribution in [0.1, 0.15) is 5.56 Å². The molecule has 0 aliphatic rings. The summed E-state index contributed by atoms with van der Waals surface area (Å²) >= 11 is 9.45. The second-order valence-corrected chi connectivity index (χ2v) is 9.29. The molecule has 0 aliphatic carbocycles. The number of sulfonamides is 1. The van der Waals surface area contributed by atoms with Crippen molar-refractivity contribution < 1.29 is 27.4 Å². The standard InChI is InChI=1S/C19H21BrClN3O6S/c1-28-16-6-5-13(9-15(16)21)24(31(4,26)27)11-18(25)23-22-10-12-7-14(20)19(30-3)17(8-12)29-2/h5-10H,11H2,1-4H3,(H,23,25)/b22-10+. The van der Waals surface area contributed by atoms with Crippen molar-refractivity contribution in [3.63, 3.8) is 0 Å². The third kappa shape index (κ3) is 6.49. The van der Waals surface area contributed by atoms with E-state index in [1.165, 1.54) is 45.7 Å². The number of amides is 1. The fourth-order valence-corrected chi connectivity index (χ4v) is 4.29. The van der Waals surface area contributed by atoms with Gasteiger partial charge in [-0.05, 0) is 51.8 Å². The summed E-state index contributed by atoms with van der Waals surface area (Å²) in [5, 5.41) is 4.09. The molecule has 0 aromatic heterocycles. The fraction of sp³-hybridized carbons (Fsp3) is 0.263. The number of anilines is 1. The fourth-order valence-electron chi connectivity index (χ4n) is 2.57. The lowest BCUT2D eigenvalue weighted by Crippen LogP contribution is -2.39. The Balaban J connectivity index is 2.15. The maximum absolute atomic E-state index is 12.3. The minimum Gasteiger partial charge on any atom is -0.495 e. The Morgan fingerprint density at radius 1 is 1.16 bits per heavy atom. The molecule has 0 aliphatic heterocycles. The first-order valence-corrected chi connectivity index (χ1v) is 11.7. The van der Waals surface area contributed by atoms with E-state index in [4.69, 9.17) is 25.8 Å². The molecule has 0 atom stereocenters. The maximum Gasteiger partial charge on any atom is 0.260 e. The Bertz CT molecular complexity index is 1090. The van der Waals surface area contributed by atoms with E-state index < -0.39 is 22.5 Å². The number of benzene rings is 2. The highest BCUT2D eigenvalue weighted by molar-refractivity contribution is 9.10. The molecule has 0 radical (unpaired) electrons. The normalized spacial score (nSPS) is 11.3. The Morgan fingerprint density at radius 2 is 1.84 bits per heavy atom. The number of hydrogen-bond donors (Lipinski definition) is 1. The number of methoxy groups -OCH3 is 3. The van der Waals surface area contributed by atoms with Crippen molar-refractivity contribution in [3.05, 3.63) is 45.4 Å². The number of carbonyl (C=O) groups is 1. The molecule has 0 saturated carbocycles. The van der Waals surface area contributed by atoms with Gasteiger partial charge in [-0.3, -0.25) is 9.10 Å². The lowest BCUT2D eigenvalue weighted by atomic mass is 10.2. The molecule has 1 N–H and O–H groups in total. The largest absolute Gasteiger partial charge is 0.495 e. The van der Waals surface area contributed by atoms with E-state index in [0.29, 0.717) is 27.3 Å². The molecule has 0 heterocycles. The van der Waals surface area contributed by atoms with Gasteiger partial charge in [0.15, 0.2) is 11.5 Å². The molecule has 0 unspecified atom stereocenters. The Kier molecular flexibility index (Phi) is 8.54. The number of hydrogen-bond acceptors (Lipinski definition) is 7. The number of rotatable bonds is 9. The van der Waals surface area contributed by atoms with Crippen molar-refractivity contribution >= 4 is 55.4 Å². The first kappa shape index (κ1) is 24.8. The summed E-state index contributed by atoms with van der Waals surface area (Å²) in [6, 6.07) is 7.80. The predicted octanol–water partition coefficient (Wildman–Crippen LogP) is 3.04. The Morgan fingerprint density at radius 3 is 2.39 bits per heavy atom. The number of hydrazone groups is 1. The van der Waals surface area contributed by atoms with Crippen LogP contribution in [0.15, 0.2) is 39.9 Å². The minimum atomic E-state index is -3.76. The van der Waals surface area contributed by atoms with E-state index in [9.17, 15) is 13.2 Å². The number of nitrogens with zero attached hydrogens (tertiary/aromatic N) is 2. The van der Waals surface area contributed by atoms with Crippen LogP contribution in [0.4, 0.5) is 5.69 Å². The molecular weight excluding hydrogens is 514 g/mol. The summed E-state index contributed by atoms with van der Waals surface area (Å²) in [7, 11) is 0.690. The molecule has 2 rings (SSSR count). The van der Waals surface area contributed by atoms with E-state index in [2.05, 4.69) is 26.5 Å². The van der Waals surface area contributed by atoms with Crippen LogP contribution in [0.5, 0.6) is 17.2 Å². The highest BCUT2D eigenvalue weighted by Crippen LogP contribution is 2.35. The number of halogens is 2. The zero-order chi connectivity index (χ0) is 23.2. The maximum atomic E-state index is 12.3. The highest BCUT2D eigenvalue weighted by Gasteiger charge is 2.21. The summed E-state index contributed by atoms with van der Waals surface area (Å²) in [6.07, 6.45) is 2.38. The van der Waals surface area contributed by atoms with Gasteiger partial charge in [0.05, 0.1) is 49.0 Å². The lowest BCUT2D eigenvalue weighted by molar-refractivity contribution is -0.119. The molecule has 1 amide bonds. The van der Waals surface area contributed by atoms with Crippen LogP contribution in [0.25, 0.3) is 0 Å². The smallest absolute Gasteiger partial charge is 0.260 e. The second-order valence-electron chi connectivity index (χ2n) is 6.12. The van der Waals surface area contributed by atoms with Crippen LogP contribution in [0.2, 0.25) is 5.02 Å². The van der Waals surface area contributed by atoms with E-state index in [0.717, 1.165) is 10.6 Å². The van der Waals surface area contributed by atoms with E-state index in [1.54, 1.807) is 12.1 Å². The van der Waals surface area contributed by atoms with Gasteiger partial charge in [-0.25, -0.2) is 13.8 Å². The molecule has 9 nitrogen and oxygen atoms in total. The summed E-state index contributed by atoms with van der Waals surface area (Å²) in [6.45, 7) is -0.492. The van der Waals surface area contributed by atoms with Gasteiger partial charge in [-0.1, -0.05) is 11.6 Å². The van der Waals surface area contributed by atoms with Crippen LogP contribution in [-0.4, -0.2) is 54.7 Å². The van der Waals surface area contributed by atoms with Gasteiger partial charge in [-0.2, -0.15) is 5.10 Å². The van der Waals surface area contributed by atoms with Crippen LogP contribution in [-0.2, 0) is 14.8 Å². The average molecular weight is 535 g/mol. The molecule has 2 aromatic carbocycles. The zero-order valence-electron chi connectivity index (χ0n) is 17.2. The summed E-state index contributed by atoms with van der Waals surface area (Å²) in [5.41, 5.74) is 3.14. The van der Waals surface area contributed by atoms with Gasteiger partial charge in [0.25, 0.3) is 5.91 Å². The minimum absolute atomic E-state index is 0.214. The van der Waals surface area contributed by atoms with Crippen molar-refractivity contribution in [1.82, 2.24) is 5.43 Å². The van der Waals surface area contributed by atoms with Crippen LogP contribution in [0, 0.1) is 0 Å². The molecule has 31 heavy (non-hydrogen) atoms. The van der Waals surface area contributed by atoms with Crippen LogP contribution in [0.3, 0.4) is 0 Å². The molecule has 0 spiro atoms. The molecule has 0 bridgehead atoms. The van der Waals surface area contributed by atoms with Gasteiger partial charge >= 0.3 is 0 Å². The molecule has 12 heteroatoms. The van der Waals surface area contributed by atoms with E-state index in [-0.39, 0.29) is 10.7 Å². The predicted molar refractivity (Wildman–Crippen MR) is 123 cm³/mol. The van der Waals surface area contributed by atoms with Crippen molar-refractivity contribution in [3.8, 4) is 17.2 Å². The first-order chi connectivity index (χ1) is 14.6. The van der Waals surface area contributed by atoms with Crippen LogP contribution >= 0.6 is 27.5 Å². The molecule has 0 fully saturated rings. The molecule has 2 aromatic rings. The van der Waals surface area contributed by atoms with Gasteiger partial charge in [0.2, 0.25) is 10.0 Å². The van der Waals surface area contributed by atoms with E-state index in [1.807, 2.05) is 0 Å². The van der Waals surface area contributed by atoms with Gasteiger partial charge in [0.1, 0.15) is 12.3 Å². The van der Waals surface area contributed by atoms with Crippen molar-refractivity contribution in [1.29, 1.82) is 0 Å². The van der Waals surface area contributed by atoms with Gasteiger partial charge in [0, 0.05) is 0 Å². The average Bonchev–Trinajstić information content (AvgIpc) is 2.70. The third-order valence-corrected chi connectivity index (χ3v) is 5.99. The Hall–Kier alpha value is -2.50. The highest BCUT2D eigenvalue weighted by atomic mass is 79.9. The van der Waals surface area contributed by atoms with Crippen molar-refractivity contribution in [2.75, 3.05) is 38.4 Å². The van der Waals surface area contributed by atoms with Gasteiger partial charge < -0.3 is 14.2 Å². The number of carbonyl (C=O) groups excluding carboxylic acids is 1. The number of nitrogens with one attached hydrogen (secondary N) is 1. The summed E-state index contributed by atoms with van der Waals surface area (Å²) < 4.78 is 41.5. The van der Waals surface area contributed by atoms with Crippen molar-refractivity contribution in [2.24, 2.45) is 5.10 Å². The van der Waals surface area contributed by atoms with Gasteiger partial charge in [-0.15, -0.1) is 0 Å². The Labute approximate surface area is 194 Å². The van der Waals surface area contributed by atoms with E-state index >= 15 is 0 Å². The SMILES string of the molecule is COc1ccc(N(CC(=O)N/N=C/c2cc(Br)c(OC)c(OC)c2)S(C)(=O)=O)cc1Cl. The lowest BCUT2D eigenvalue weighted by Gasteiger charge is -2.22. The molecular formula is C19H21BrClN3O6S. The molecule has 0 saturated heterocycles. The second kappa shape index (κ2) is 10.7. The molecule has 168 valence electrons. The quantitative estimate of drug-likeness (QED) is 0.391. The van der Waals surface area contributed by atoms with Crippen molar-refractivity contribution in [2.45, 2.75) is 0 Å². The number of ether oxygens (including phenoxy) is 3. The van der Waals surface area contributed by atoms with Crippen LogP contribution < -0.4 is 23.9 Å². The monoisotopic (exact) mass is 533 g/mol. The first-order valence-electron chi connectivity index (χ1n) is 8.65. The topological polar surface area (TPSA) is 107 Å². The zero-order valence-corrected chi connectivity index (χ0v) is 20.3.